The van der Waals surface area contributed by atoms with Crippen molar-refractivity contribution in [2.75, 3.05) is 19.7 Å². The SMILES string of the molecule is CC(C)CN1C(=O)C(C)C(N)=C(c2ccc(F)c(CN)c2)N1CCO. The maximum Gasteiger partial charge on any atom is 0.249 e. The van der Waals surface area contributed by atoms with Gasteiger partial charge in [-0.3, -0.25) is 14.8 Å². The Morgan fingerprint density at radius 2 is 2.00 bits per heavy atom. The average Bonchev–Trinajstić information content (AvgIpc) is 2.57. The van der Waals surface area contributed by atoms with Crippen molar-refractivity contribution in [2.24, 2.45) is 23.3 Å². The molecule has 2 rings (SSSR count). The first-order valence-electron chi connectivity index (χ1n) is 8.50. The molecule has 1 aromatic rings. The van der Waals surface area contributed by atoms with Crippen LogP contribution in [0, 0.1) is 17.7 Å². The third-order valence-corrected chi connectivity index (χ3v) is 4.30. The minimum absolute atomic E-state index is 0.0665. The van der Waals surface area contributed by atoms with Gasteiger partial charge in [-0.1, -0.05) is 13.8 Å². The number of aliphatic hydroxyl groups is 1. The Balaban J connectivity index is 2.59. The third-order valence-electron chi connectivity index (χ3n) is 4.30. The molecule has 0 aliphatic carbocycles. The van der Waals surface area contributed by atoms with Gasteiger partial charge in [-0.25, -0.2) is 4.39 Å². The number of nitrogens with two attached hydrogens (primary N) is 2. The Kier molecular flexibility index (Phi) is 6.02. The lowest BCUT2D eigenvalue weighted by Crippen LogP contribution is -2.54. The first kappa shape index (κ1) is 19.2. The van der Waals surface area contributed by atoms with E-state index in [1.54, 1.807) is 29.1 Å². The molecule has 1 aromatic carbocycles. The summed E-state index contributed by atoms with van der Waals surface area (Å²) in [5, 5.41) is 12.8. The Labute approximate surface area is 147 Å². The summed E-state index contributed by atoms with van der Waals surface area (Å²) >= 11 is 0. The molecule has 0 spiro atoms. The van der Waals surface area contributed by atoms with Gasteiger partial charge in [-0.05, 0) is 31.0 Å². The van der Waals surface area contributed by atoms with Gasteiger partial charge in [-0.15, -0.1) is 0 Å². The molecule has 1 heterocycles. The van der Waals surface area contributed by atoms with Gasteiger partial charge >= 0.3 is 0 Å². The van der Waals surface area contributed by atoms with Crippen LogP contribution in [-0.2, 0) is 11.3 Å². The fourth-order valence-corrected chi connectivity index (χ4v) is 3.01. The Morgan fingerprint density at radius 1 is 1.32 bits per heavy atom. The van der Waals surface area contributed by atoms with E-state index in [1.165, 1.54) is 6.07 Å². The van der Waals surface area contributed by atoms with Gasteiger partial charge in [0.15, 0.2) is 0 Å². The molecule has 1 aliphatic rings. The van der Waals surface area contributed by atoms with E-state index in [0.717, 1.165) is 0 Å². The van der Waals surface area contributed by atoms with Crippen molar-refractivity contribution in [1.29, 1.82) is 0 Å². The highest BCUT2D eigenvalue weighted by molar-refractivity contribution is 5.88. The molecule has 7 heteroatoms. The maximum absolute atomic E-state index is 13.8. The molecular formula is C18H27FN4O2. The van der Waals surface area contributed by atoms with Gasteiger partial charge in [-0.2, -0.15) is 0 Å². The Morgan fingerprint density at radius 3 is 2.56 bits per heavy atom. The van der Waals surface area contributed by atoms with E-state index in [9.17, 15) is 14.3 Å². The van der Waals surface area contributed by atoms with Crippen LogP contribution in [0.15, 0.2) is 23.9 Å². The molecule has 1 unspecified atom stereocenters. The van der Waals surface area contributed by atoms with Crippen LogP contribution in [-0.4, -0.2) is 40.7 Å². The monoisotopic (exact) mass is 350 g/mol. The van der Waals surface area contributed by atoms with Gasteiger partial charge in [0.1, 0.15) is 5.82 Å². The molecule has 0 radical (unpaired) electrons. The Bertz CT molecular complexity index is 675. The molecule has 1 amide bonds. The van der Waals surface area contributed by atoms with E-state index < -0.39 is 5.92 Å². The van der Waals surface area contributed by atoms with Gasteiger partial charge in [0.2, 0.25) is 5.91 Å². The first-order chi connectivity index (χ1) is 11.8. The van der Waals surface area contributed by atoms with Crippen molar-refractivity contribution < 1.29 is 14.3 Å². The maximum atomic E-state index is 13.8. The number of β-amino-alcohol motifs (C(OH)–C–C–N with tert-alkyl or cyclic N) is 1. The molecule has 0 saturated carbocycles. The van der Waals surface area contributed by atoms with Crippen molar-refractivity contribution >= 4 is 11.6 Å². The van der Waals surface area contributed by atoms with Crippen LogP contribution in [0.2, 0.25) is 0 Å². The van der Waals surface area contributed by atoms with E-state index in [1.807, 2.05) is 13.8 Å². The lowest BCUT2D eigenvalue weighted by molar-refractivity contribution is -0.150. The van der Waals surface area contributed by atoms with E-state index in [2.05, 4.69) is 0 Å². The van der Waals surface area contributed by atoms with Gasteiger partial charge in [0.05, 0.1) is 24.8 Å². The quantitative estimate of drug-likeness (QED) is 0.718. The van der Waals surface area contributed by atoms with Crippen LogP contribution >= 0.6 is 0 Å². The van der Waals surface area contributed by atoms with Crippen molar-refractivity contribution in [1.82, 2.24) is 10.0 Å². The number of hydrogen-bond donors (Lipinski definition) is 3. The summed E-state index contributed by atoms with van der Waals surface area (Å²) in [5.41, 5.74) is 14.0. The second-order valence-electron chi connectivity index (χ2n) is 6.70. The minimum atomic E-state index is -0.491. The van der Waals surface area contributed by atoms with Crippen LogP contribution in [0.3, 0.4) is 0 Å². The molecule has 25 heavy (non-hydrogen) atoms. The lowest BCUT2D eigenvalue weighted by atomic mass is 9.96. The van der Waals surface area contributed by atoms with Gasteiger partial charge in [0.25, 0.3) is 0 Å². The zero-order valence-corrected chi connectivity index (χ0v) is 15.0. The van der Waals surface area contributed by atoms with Crippen molar-refractivity contribution in [3.8, 4) is 0 Å². The smallest absolute Gasteiger partial charge is 0.249 e. The number of aliphatic hydroxyl groups excluding tert-OH is 1. The summed E-state index contributed by atoms with van der Waals surface area (Å²) in [5.74, 6) is -0.733. The van der Waals surface area contributed by atoms with Crippen LogP contribution in [0.1, 0.15) is 31.9 Å². The minimum Gasteiger partial charge on any atom is -0.400 e. The van der Waals surface area contributed by atoms with Crippen LogP contribution in [0.25, 0.3) is 5.70 Å². The van der Waals surface area contributed by atoms with Gasteiger partial charge in [0, 0.05) is 29.9 Å². The topological polar surface area (TPSA) is 95.8 Å². The molecule has 6 nitrogen and oxygen atoms in total. The highest BCUT2D eigenvalue weighted by Crippen LogP contribution is 2.33. The van der Waals surface area contributed by atoms with Crippen molar-refractivity contribution in [3.05, 3.63) is 40.8 Å². The number of nitrogens with zero attached hydrogens (tertiary/aromatic N) is 2. The molecule has 0 aromatic heterocycles. The van der Waals surface area contributed by atoms with Gasteiger partial charge < -0.3 is 16.6 Å². The average molecular weight is 350 g/mol. The number of carbonyl (C=O) groups is 1. The van der Waals surface area contributed by atoms with Crippen molar-refractivity contribution in [3.63, 3.8) is 0 Å². The first-order valence-corrected chi connectivity index (χ1v) is 8.50. The number of amides is 1. The van der Waals surface area contributed by atoms with E-state index in [-0.39, 0.29) is 37.3 Å². The zero-order chi connectivity index (χ0) is 18.7. The largest absolute Gasteiger partial charge is 0.400 e. The molecular weight excluding hydrogens is 323 g/mol. The summed E-state index contributed by atoms with van der Waals surface area (Å²) in [6.07, 6.45) is 0. The Hall–Kier alpha value is -2.12. The number of benzene rings is 1. The van der Waals surface area contributed by atoms with E-state index in [0.29, 0.717) is 29.1 Å². The van der Waals surface area contributed by atoms with Crippen LogP contribution < -0.4 is 11.5 Å². The molecule has 138 valence electrons. The second-order valence-corrected chi connectivity index (χ2v) is 6.70. The highest BCUT2D eigenvalue weighted by atomic mass is 19.1. The fourth-order valence-electron chi connectivity index (χ4n) is 3.01. The predicted octanol–water partition coefficient (Wildman–Crippen LogP) is 1.26. The second kappa shape index (κ2) is 7.84. The molecule has 0 fully saturated rings. The summed E-state index contributed by atoms with van der Waals surface area (Å²) in [6, 6.07) is 4.62. The number of halogens is 1. The predicted molar refractivity (Wildman–Crippen MR) is 94.9 cm³/mol. The number of rotatable bonds is 6. The molecule has 5 N–H and O–H groups in total. The number of hydrogen-bond acceptors (Lipinski definition) is 5. The van der Waals surface area contributed by atoms with Crippen molar-refractivity contribution in [2.45, 2.75) is 27.3 Å². The molecule has 0 saturated heterocycles. The lowest BCUT2D eigenvalue weighted by Gasteiger charge is -2.44. The zero-order valence-electron chi connectivity index (χ0n) is 15.0. The normalized spacial score (nSPS) is 18.5. The molecule has 1 aliphatic heterocycles. The van der Waals surface area contributed by atoms with Crippen LogP contribution in [0.5, 0.6) is 0 Å². The molecule has 1 atom stereocenters. The summed E-state index contributed by atoms with van der Waals surface area (Å²) < 4.78 is 13.8. The standard InChI is InChI=1S/C18H27FN4O2/c1-11(2)10-23-18(25)12(3)16(21)17(22(23)6-7-24)13-4-5-15(19)14(8-13)9-20/h4-5,8,11-12,24H,6-7,9-10,20-21H2,1-3H3. The molecule has 0 bridgehead atoms. The summed E-state index contributed by atoms with van der Waals surface area (Å²) in [4.78, 5) is 12.7. The van der Waals surface area contributed by atoms with E-state index in [4.69, 9.17) is 11.5 Å². The summed E-state index contributed by atoms with van der Waals surface area (Å²) in [7, 11) is 0. The third kappa shape index (κ3) is 3.77. The fraction of sp³-hybridized carbons (Fsp3) is 0.500. The van der Waals surface area contributed by atoms with E-state index >= 15 is 0 Å². The number of carbonyl (C=O) groups excluding carboxylic acids is 1. The van der Waals surface area contributed by atoms with Crippen LogP contribution in [0.4, 0.5) is 4.39 Å². The summed E-state index contributed by atoms with van der Waals surface area (Å²) in [6.45, 7) is 6.44. The number of hydrazine groups is 1. The highest BCUT2D eigenvalue weighted by Gasteiger charge is 2.37.